The number of nitrogens with two attached hydrogens (primary N) is 1. The van der Waals surface area contributed by atoms with Gasteiger partial charge in [0, 0.05) is 24.9 Å². The van der Waals surface area contributed by atoms with E-state index in [0.717, 1.165) is 0 Å². The van der Waals surface area contributed by atoms with E-state index in [4.69, 9.17) is 10.8 Å². The van der Waals surface area contributed by atoms with Gasteiger partial charge in [-0.15, -0.1) is 0 Å². The third-order valence-electron chi connectivity index (χ3n) is 5.48. The Labute approximate surface area is 196 Å². The highest BCUT2D eigenvalue weighted by atomic mass is 16.4. The van der Waals surface area contributed by atoms with Crippen LogP contribution in [-0.4, -0.2) is 85.5 Å². The SMILES string of the molecule is CC(C)CC(NC(=O)C1CCCN1C(=O)C(Cc1cnc[nH]1)NC(=O)C(N)CC(=O)O)C(=O)O. The molecule has 0 spiro atoms. The zero-order valence-electron chi connectivity index (χ0n) is 19.2. The number of H-pyrrole nitrogens is 1. The zero-order chi connectivity index (χ0) is 25.4. The number of imidazole rings is 1. The quantitative estimate of drug-likeness (QED) is 0.213. The van der Waals surface area contributed by atoms with E-state index < -0.39 is 60.2 Å². The Hall–Kier alpha value is -3.48. The molecule has 4 atom stereocenters. The third kappa shape index (κ3) is 7.54. The summed E-state index contributed by atoms with van der Waals surface area (Å²) in [7, 11) is 0. The summed E-state index contributed by atoms with van der Waals surface area (Å²) >= 11 is 0. The Kier molecular flexibility index (Phi) is 9.54. The van der Waals surface area contributed by atoms with Crippen LogP contribution in [0.2, 0.25) is 0 Å². The molecule has 7 N–H and O–H groups in total. The van der Waals surface area contributed by atoms with E-state index in [-0.39, 0.29) is 25.3 Å². The van der Waals surface area contributed by atoms with Gasteiger partial charge in [-0.25, -0.2) is 9.78 Å². The minimum atomic E-state index is -1.36. The summed E-state index contributed by atoms with van der Waals surface area (Å²) in [6, 6.07) is -4.47. The molecule has 34 heavy (non-hydrogen) atoms. The fourth-order valence-electron chi connectivity index (χ4n) is 3.84. The van der Waals surface area contributed by atoms with Gasteiger partial charge >= 0.3 is 11.9 Å². The molecule has 1 aromatic rings. The molecule has 13 heteroatoms. The number of carbonyl (C=O) groups is 5. The molecule has 1 saturated heterocycles. The average molecular weight is 481 g/mol. The Morgan fingerprint density at radius 3 is 2.47 bits per heavy atom. The van der Waals surface area contributed by atoms with Crippen molar-refractivity contribution in [2.24, 2.45) is 11.7 Å². The van der Waals surface area contributed by atoms with Gasteiger partial charge in [-0.05, 0) is 25.2 Å². The van der Waals surface area contributed by atoms with E-state index >= 15 is 0 Å². The number of nitrogens with one attached hydrogen (secondary N) is 3. The standard InChI is InChI=1S/C21H32N6O7/c1-11(2)6-15(21(33)34)26-19(31)16-4-3-5-27(16)20(32)14(7-12-9-23-10-24-12)25-18(30)13(22)8-17(28)29/h9-11,13-16H,3-8,22H2,1-2H3,(H,23,24)(H,25,30)(H,26,31)(H,28,29)(H,33,34). The van der Waals surface area contributed by atoms with Crippen molar-refractivity contribution in [3.63, 3.8) is 0 Å². The van der Waals surface area contributed by atoms with Crippen molar-refractivity contribution in [1.82, 2.24) is 25.5 Å². The predicted octanol–water partition coefficient (Wildman–Crippen LogP) is -1.15. The minimum Gasteiger partial charge on any atom is -0.481 e. The summed E-state index contributed by atoms with van der Waals surface area (Å²) in [5.74, 6) is -4.33. The molecule has 1 aliphatic rings. The number of aromatic nitrogens is 2. The maximum Gasteiger partial charge on any atom is 0.326 e. The first-order valence-corrected chi connectivity index (χ1v) is 11.1. The molecule has 13 nitrogen and oxygen atoms in total. The van der Waals surface area contributed by atoms with Gasteiger partial charge in [-0.3, -0.25) is 19.2 Å². The summed E-state index contributed by atoms with van der Waals surface area (Å²) < 4.78 is 0. The van der Waals surface area contributed by atoms with E-state index in [9.17, 15) is 29.1 Å². The summed E-state index contributed by atoms with van der Waals surface area (Å²) in [4.78, 5) is 69.2. The fourth-order valence-corrected chi connectivity index (χ4v) is 3.84. The van der Waals surface area contributed by atoms with E-state index in [0.29, 0.717) is 18.5 Å². The second kappa shape index (κ2) is 12.1. The summed E-state index contributed by atoms with van der Waals surface area (Å²) in [6.07, 6.45) is 3.38. The maximum absolute atomic E-state index is 13.4. The first kappa shape index (κ1) is 26.8. The van der Waals surface area contributed by atoms with Crippen LogP contribution in [0.15, 0.2) is 12.5 Å². The first-order valence-electron chi connectivity index (χ1n) is 11.1. The molecular weight excluding hydrogens is 448 g/mol. The lowest BCUT2D eigenvalue weighted by molar-refractivity contribution is -0.145. The molecule has 0 bridgehead atoms. The van der Waals surface area contributed by atoms with E-state index in [2.05, 4.69) is 20.6 Å². The monoisotopic (exact) mass is 480 g/mol. The van der Waals surface area contributed by atoms with Gasteiger partial charge in [0.1, 0.15) is 18.1 Å². The van der Waals surface area contributed by atoms with Crippen LogP contribution in [-0.2, 0) is 30.4 Å². The number of carboxylic acid groups (broad SMARTS) is 2. The molecule has 1 aromatic heterocycles. The number of aromatic amines is 1. The van der Waals surface area contributed by atoms with Crippen molar-refractivity contribution in [2.45, 2.75) is 70.1 Å². The summed E-state index contributed by atoms with van der Waals surface area (Å²) in [5, 5.41) is 23.3. The molecule has 1 aliphatic heterocycles. The lowest BCUT2D eigenvalue weighted by atomic mass is 10.0. The van der Waals surface area contributed by atoms with Gasteiger partial charge in [0.15, 0.2) is 0 Å². The van der Waals surface area contributed by atoms with Crippen molar-refractivity contribution in [3.05, 3.63) is 18.2 Å². The van der Waals surface area contributed by atoms with Crippen LogP contribution in [0.5, 0.6) is 0 Å². The lowest BCUT2D eigenvalue weighted by Gasteiger charge is -2.30. The second-order valence-electron chi connectivity index (χ2n) is 8.77. The van der Waals surface area contributed by atoms with Crippen molar-refractivity contribution in [2.75, 3.05) is 6.54 Å². The average Bonchev–Trinajstić information content (AvgIpc) is 3.43. The molecule has 0 aliphatic carbocycles. The number of carboxylic acids is 2. The normalized spacial score (nSPS) is 18.2. The van der Waals surface area contributed by atoms with Gasteiger partial charge in [-0.2, -0.15) is 0 Å². The van der Waals surface area contributed by atoms with Crippen LogP contribution in [0.1, 0.15) is 45.2 Å². The minimum absolute atomic E-state index is 0.0142. The summed E-state index contributed by atoms with van der Waals surface area (Å²) in [5.41, 5.74) is 6.17. The van der Waals surface area contributed by atoms with Crippen molar-refractivity contribution in [3.8, 4) is 0 Å². The number of carbonyl (C=O) groups excluding carboxylic acids is 3. The Balaban J connectivity index is 2.17. The smallest absolute Gasteiger partial charge is 0.326 e. The highest BCUT2D eigenvalue weighted by molar-refractivity contribution is 5.95. The van der Waals surface area contributed by atoms with Crippen LogP contribution in [0, 0.1) is 5.92 Å². The van der Waals surface area contributed by atoms with Gasteiger partial charge < -0.3 is 36.5 Å². The fraction of sp³-hybridized carbons (Fsp3) is 0.619. The molecule has 2 rings (SSSR count). The number of hydrogen-bond acceptors (Lipinski definition) is 7. The largest absolute Gasteiger partial charge is 0.481 e. The highest BCUT2D eigenvalue weighted by Gasteiger charge is 2.39. The van der Waals surface area contributed by atoms with Gasteiger partial charge in [-0.1, -0.05) is 13.8 Å². The molecule has 0 saturated carbocycles. The number of aliphatic carboxylic acids is 2. The van der Waals surface area contributed by atoms with E-state index in [1.807, 2.05) is 13.8 Å². The molecule has 1 fully saturated rings. The Morgan fingerprint density at radius 1 is 1.21 bits per heavy atom. The number of rotatable bonds is 12. The van der Waals surface area contributed by atoms with Crippen LogP contribution in [0.4, 0.5) is 0 Å². The molecule has 0 radical (unpaired) electrons. The van der Waals surface area contributed by atoms with E-state index in [1.54, 1.807) is 0 Å². The van der Waals surface area contributed by atoms with Gasteiger partial charge in [0.05, 0.1) is 18.8 Å². The van der Waals surface area contributed by atoms with Crippen LogP contribution < -0.4 is 16.4 Å². The van der Waals surface area contributed by atoms with Crippen molar-refractivity contribution < 1.29 is 34.2 Å². The van der Waals surface area contributed by atoms with Crippen LogP contribution >= 0.6 is 0 Å². The van der Waals surface area contributed by atoms with Crippen molar-refractivity contribution in [1.29, 1.82) is 0 Å². The predicted molar refractivity (Wildman–Crippen MR) is 118 cm³/mol. The Bertz CT molecular complexity index is 888. The number of amides is 3. The first-order chi connectivity index (χ1) is 16.0. The van der Waals surface area contributed by atoms with E-state index in [1.165, 1.54) is 17.4 Å². The van der Waals surface area contributed by atoms with Crippen LogP contribution in [0.3, 0.4) is 0 Å². The number of nitrogens with zero attached hydrogens (tertiary/aromatic N) is 2. The van der Waals surface area contributed by atoms with Crippen LogP contribution in [0.25, 0.3) is 0 Å². The maximum atomic E-state index is 13.4. The molecular formula is C21H32N6O7. The highest BCUT2D eigenvalue weighted by Crippen LogP contribution is 2.20. The third-order valence-corrected chi connectivity index (χ3v) is 5.48. The second-order valence-corrected chi connectivity index (χ2v) is 8.77. The molecule has 2 heterocycles. The van der Waals surface area contributed by atoms with Crippen molar-refractivity contribution >= 4 is 29.7 Å². The van der Waals surface area contributed by atoms with Gasteiger partial charge in [0.25, 0.3) is 0 Å². The molecule has 4 unspecified atom stereocenters. The number of likely N-dealkylation sites (tertiary alicyclic amines) is 1. The molecule has 0 aromatic carbocycles. The lowest BCUT2D eigenvalue weighted by Crippen LogP contribution is -2.57. The molecule has 188 valence electrons. The van der Waals surface area contributed by atoms with Gasteiger partial charge in [0.2, 0.25) is 17.7 Å². The Morgan fingerprint density at radius 2 is 1.91 bits per heavy atom. The zero-order valence-corrected chi connectivity index (χ0v) is 19.2. The summed E-state index contributed by atoms with van der Waals surface area (Å²) in [6.45, 7) is 3.92. The number of hydrogen-bond donors (Lipinski definition) is 6. The molecule has 3 amide bonds. The topological polar surface area (TPSA) is 208 Å².